The van der Waals surface area contributed by atoms with Crippen LogP contribution >= 0.6 is 11.8 Å². The number of nitrogens with one attached hydrogen (secondary N) is 1. The molecule has 0 radical (unpaired) electrons. The summed E-state index contributed by atoms with van der Waals surface area (Å²) in [7, 11) is -2.62. The lowest BCUT2D eigenvalue weighted by Crippen LogP contribution is -2.56. The van der Waals surface area contributed by atoms with E-state index in [1.54, 1.807) is 49.6 Å². The number of rotatable bonds is 13. The smallest absolute Gasteiger partial charge is 0.264 e. The molecule has 0 saturated carbocycles. The normalized spacial score (nSPS) is 12.2. The maximum atomic E-state index is 14.6. The number of methoxy groups -OCH3 is 1. The van der Waals surface area contributed by atoms with E-state index in [1.807, 2.05) is 94.6 Å². The largest absolute Gasteiger partial charge is 0.497 e. The molecular weight excluding hydrogens is 631 g/mol. The Bertz CT molecular complexity index is 1750. The Morgan fingerprint density at radius 3 is 2.11 bits per heavy atom. The van der Waals surface area contributed by atoms with Gasteiger partial charge in [0.15, 0.2) is 0 Å². The molecule has 0 aliphatic rings. The van der Waals surface area contributed by atoms with Crippen molar-refractivity contribution in [1.82, 2.24) is 10.2 Å². The van der Waals surface area contributed by atoms with Gasteiger partial charge in [-0.2, -0.15) is 0 Å². The highest BCUT2D eigenvalue weighted by Crippen LogP contribution is 2.27. The fourth-order valence-corrected chi connectivity index (χ4v) is 6.91. The molecule has 2 amide bonds. The fraction of sp³-hybridized carbons (Fsp3) is 0.297. The Balaban J connectivity index is 1.82. The van der Waals surface area contributed by atoms with E-state index in [4.69, 9.17) is 4.74 Å². The Hall–Kier alpha value is -4.28. The highest BCUT2D eigenvalue weighted by Gasteiger charge is 2.35. The molecule has 1 atom stereocenters. The molecule has 0 unspecified atom stereocenters. The van der Waals surface area contributed by atoms with Crippen LogP contribution in [0, 0.1) is 6.92 Å². The quantitative estimate of drug-likeness (QED) is 0.163. The van der Waals surface area contributed by atoms with Gasteiger partial charge in [0.05, 0.1) is 17.7 Å². The number of nitrogens with zero attached hydrogens (tertiary/aromatic N) is 2. The topological polar surface area (TPSA) is 96.0 Å². The number of aryl methyl sites for hydroxylation is 1. The van der Waals surface area contributed by atoms with Crippen molar-refractivity contribution in [3.8, 4) is 5.75 Å². The zero-order valence-electron chi connectivity index (χ0n) is 27.8. The van der Waals surface area contributed by atoms with Crippen molar-refractivity contribution in [1.29, 1.82) is 0 Å². The van der Waals surface area contributed by atoms with Gasteiger partial charge in [0.1, 0.15) is 18.3 Å². The van der Waals surface area contributed by atoms with Gasteiger partial charge in [0, 0.05) is 23.4 Å². The number of hydrogen-bond acceptors (Lipinski definition) is 6. The average Bonchev–Trinajstić information content (AvgIpc) is 3.05. The van der Waals surface area contributed by atoms with E-state index >= 15 is 0 Å². The molecule has 47 heavy (non-hydrogen) atoms. The second-order valence-electron chi connectivity index (χ2n) is 12.3. The molecular formula is C37H43N3O5S2. The van der Waals surface area contributed by atoms with Crippen LogP contribution in [0.3, 0.4) is 0 Å². The molecule has 0 saturated heterocycles. The molecule has 0 aliphatic heterocycles. The number of ether oxygens (including phenoxy) is 1. The van der Waals surface area contributed by atoms with Crippen LogP contribution in [0.2, 0.25) is 0 Å². The number of benzene rings is 4. The molecule has 10 heteroatoms. The van der Waals surface area contributed by atoms with Crippen LogP contribution in [-0.4, -0.2) is 56.6 Å². The maximum absolute atomic E-state index is 14.6. The Morgan fingerprint density at radius 2 is 1.51 bits per heavy atom. The minimum Gasteiger partial charge on any atom is -0.497 e. The first kappa shape index (κ1) is 35.6. The number of carbonyl (C=O) groups excluding carboxylic acids is 2. The minimum atomic E-state index is -4.18. The van der Waals surface area contributed by atoms with Crippen molar-refractivity contribution < 1.29 is 22.7 Å². The van der Waals surface area contributed by atoms with Gasteiger partial charge in [-0.15, -0.1) is 11.8 Å². The van der Waals surface area contributed by atoms with Crippen LogP contribution in [0.15, 0.2) is 113 Å². The lowest BCUT2D eigenvalue weighted by Gasteiger charge is -2.35. The number of hydrogen-bond donors (Lipinski definition) is 1. The standard InChI is InChI=1S/C37H43N3O5S2/c1-27-15-17-30(18-16-27)40(47(43,44)33-21-19-32(46-6)20-22-33)26-35(41)39(25-29-13-10-14-31(23-29)45-5)34(36(42)38-37(2,3)4)24-28-11-8-7-9-12-28/h7-23,34H,24-26H2,1-6H3,(H,38,42)/t34-/m1/s1. The molecule has 1 N–H and O–H groups in total. The number of thioether (sulfide) groups is 1. The predicted molar refractivity (Wildman–Crippen MR) is 189 cm³/mol. The summed E-state index contributed by atoms with van der Waals surface area (Å²) in [6.07, 6.45) is 2.14. The van der Waals surface area contributed by atoms with Crippen LogP contribution in [0.5, 0.6) is 5.75 Å². The number of amides is 2. The molecule has 0 aromatic heterocycles. The number of sulfonamides is 1. The monoisotopic (exact) mass is 673 g/mol. The second-order valence-corrected chi connectivity index (χ2v) is 15.1. The highest BCUT2D eigenvalue weighted by atomic mass is 32.2. The van der Waals surface area contributed by atoms with Gasteiger partial charge in [-0.25, -0.2) is 8.42 Å². The Labute approximate surface area is 283 Å². The van der Waals surface area contributed by atoms with Crippen LogP contribution in [0.1, 0.15) is 37.5 Å². The summed E-state index contributed by atoms with van der Waals surface area (Å²) < 4.78 is 35.1. The zero-order valence-corrected chi connectivity index (χ0v) is 29.4. The average molecular weight is 674 g/mol. The van der Waals surface area contributed by atoms with E-state index in [-0.39, 0.29) is 23.8 Å². The first-order valence-electron chi connectivity index (χ1n) is 15.3. The van der Waals surface area contributed by atoms with E-state index < -0.39 is 34.1 Å². The van der Waals surface area contributed by atoms with Crippen molar-refractivity contribution in [3.63, 3.8) is 0 Å². The molecule has 0 bridgehead atoms. The van der Waals surface area contributed by atoms with Gasteiger partial charge in [0.2, 0.25) is 11.8 Å². The van der Waals surface area contributed by atoms with Gasteiger partial charge in [-0.1, -0.05) is 60.2 Å². The fourth-order valence-electron chi connectivity index (χ4n) is 5.09. The van der Waals surface area contributed by atoms with E-state index in [0.717, 1.165) is 25.9 Å². The van der Waals surface area contributed by atoms with Crippen molar-refractivity contribution >= 4 is 39.3 Å². The van der Waals surface area contributed by atoms with E-state index in [0.29, 0.717) is 11.4 Å². The number of carbonyl (C=O) groups is 2. The first-order chi connectivity index (χ1) is 22.3. The lowest BCUT2D eigenvalue weighted by molar-refractivity contribution is -0.140. The van der Waals surface area contributed by atoms with Crippen LogP contribution in [-0.2, 0) is 32.6 Å². The second kappa shape index (κ2) is 15.5. The molecule has 0 spiro atoms. The van der Waals surface area contributed by atoms with Crippen molar-refractivity contribution in [2.24, 2.45) is 0 Å². The molecule has 0 aliphatic carbocycles. The summed E-state index contributed by atoms with van der Waals surface area (Å²) in [5.41, 5.74) is 2.32. The third-order valence-corrected chi connectivity index (χ3v) is 10.0. The SMILES string of the molecule is COc1cccc(CN(C(=O)CN(c2ccc(C)cc2)S(=O)(=O)c2ccc(SC)cc2)[C@H](Cc2ccccc2)C(=O)NC(C)(C)C)c1. The summed E-state index contributed by atoms with van der Waals surface area (Å²) in [5, 5.41) is 3.05. The summed E-state index contributed by atoms with van der Waals surface area (Å²) in [6, 6.07) is 29.4. The van der Waals surface area contributed by atoms with Crippen LogP contribution in [0.4, 0.5) is 5.69 Å². The maximum Gasteiger partial charge on any atom is 0.264 e. The Kier molecular flexibility index (Phi) is 11.8. The molecule has 0 heterocycles. The summed E-state index contributed by atoms with van der Waals surface area (Å²) in [4.78, 5) is 31.1. The number of anilines is 1. The minimum absolute atomic E-state index is 0.0509. The summed E-state index contributed by atoms with van der Waals surface area (Å²) >= 11 is 1.51. The van der Waals surface area contributed by atoms with Crippen LogP contribution in [0.25, 0.3) is 0 Å². The molecule has 0 fully saturated rings. The van der Waals surface area contributed by atoms with E-state index in [2.05, 4.69) is 5.32 Å². The first-order valence-corrected chi connectivity index (χ1v) is 18.0. The zero-order chi connectivity index (χ0) is 34.2. The molecule has 4 rings (SSSR count). The summed E-state index contributed by atoms with van der Waals surface area (Å²) in [5.74, 6) is -0.260. The lowest BCUT2D eigenvalue weighted by atomic mass is 10.0. The highest BCUT2D eigenvalue weighted by molar-refractivity contribution is 7.98. The van der Waals surface area contributed by atoms with Crippen molar-refractivity contribution in [3.05, 3.63) is 120 Å². The molecule has 4 aromatic rings. The van der Waals surface area contributed by atoms with E-state index in [1.165, 1.54) is 16.7 Å². The van der Waals surface area contributed by atoms with E-state index in [9.17, 15) is 18.0 Å². The predicted octanol–water partition coefficient (Wildman–Crippen LogP) is 6.48. The molecule has 248 valence electrons. The Morgan fingerprint density at radius 1 is 0.872 bits per heavy atom. The van der Waals surface area contributed by atoms with Gasteiger partial charge < -0.3 is 15.0 Å². The van der Waals surface area contributed by atoms with Gasteiger partial charge >= 0.3 is 0 Å². The van der Waals surface area contributed by atoms with Crippen molar-refractivity contribution in [2.75, 3.05) is 24.2 Å². The van der Waals surface area contributed by atoms with Gasteiger partial charge in [-0.3, -0.25) is 13.9 Å². The van der Waals surface area contributed by atoms with Crippen LogP contribution < -0.4 is 14.4 Å². The third-order valence-electron chi connectivity index (χ3n) is 7.50. The van der Waals surface area contributed by atoms with Crippen molar-refractivity contribution in [2.45, 2.75) is 62.0 Å². The summed E-state index contributed by atoms with van der Waals surface area (Å²) in [6.45, 7) is 7.09. The molecule has 8 nitrogen and oxygen atoms in total. The molecule has 4 aromatic carbocycles. The third kappa shape index (κ3) is 9.62. The van der Waals surface area contributed by atoms with Gasteiger partial charge in [-0.05, 0) is 93.6 Å². The van der Waals surface area contributed by atoms with Gasteiger partial charge in [0.25, 0.3) is 10.0 Å².